The first-order valence-corrected chi connectivity index (χ1v) is 11.0. The van der Waals surface area contributed by atoms with Crippen molar-refractivity contribution in [1.82, 2.24) is 9.71 Å². The number of ether oxygens (including phenoxy) is 1. The number of nitro benzene ring substituents is 1. The van der Waals surface area contributed by atoms with Gasteiger partial charge >= 0.3 is 6.09 Å². The summed E-state index contributed by atoms with van der Waals surface area (Å²) in [4.78, 5) is 28.8. The smallest absolute Gasteiger partial charge is 0.410 e. The number of amides is 1. The van der Waals surface area contributed by atoms with Crippen LogP contribution in [0.4, 0.5) is 16.2 Å². The van der Waals surface area contributed by atoms with Crippen molar-refractivity contribution >= 4 is 40.8 Å². The molecule has 0 radical (unpaired) electrons. The van der Waals surface area contributed by atoms with E-state index in [0.717, 1.165) is 20.3 Å². The summed E-state index contributed by atoms with van der Waals surface area (Å²) in [5.41, 5.74) is 1.40. The summed E-state index contributed by atoms with van der Waals surface area (Å²) in [6.45, 7) is 8.17. The van der Waals surface area contributed by atoms with Crippen molar-refractivity contribution in [1.29, 1.82) is 0 Å². The zero-order chi connectivity index (χ0) is 22.6. The standard InChI is InChI=1S/C21H22N4O4S2/c1-13-22-12-19(30-13)17-10-5-14(11-18(17)31-24-21(2,3)4)23-20(26)29-16-8-6-15(7-9-16)25(27)28/h5-12,24H,1-4H3,(H,23,26). The van der Waals surface area contributed by atoms with Crippen LogP contribution in [-0.4, -0.2) is 21.5 Å². The van der Waals surface area contributed by atoms with E-state index >= 15 is 0 Å². The lowest BCUT2D eigenvalue weighted by atomic mass is 10.1. The average Bonchev–Trinajstić information content (AvgIpc) is 3.12. The summed E-state index contributed by atoms with van der Waals surface area (Å²) in [6, 6.07) is 10.9. The SMILES string of the molecule is Cc1ncc(-c2ccc(NC(=O)Oc3ccc([N+](=O)[O-])cc3)cc2SNC(C)(C)C)s1. The molecule has 1 heterocycles. The maximum atomic E-state index is 12.3. The van der Waals surface area contributed by atoms with E-state index in [1.165, 1.54) is 36.2 Å². The van der Waals surface area contributed by atoms with E-state index in [1.807, 2.05) is 25.3 Å². The molecule has 8 nitrogen and oxygen atoms in total. The van der Waals surface area contributed by atoms with Crippen LogP contribution in [0, 0.1) is 17.0 Å². The van der Waals surface area contributed by atoms with Crippen LogP contribution in [0.15, 0.2) is 53.6 Å². The largest absolute Gasteiger partial charge is 0.417 e. The van der Waals surface area contributed by atoms with Crippen LogP contribution < -0.4 is 14.8 Å². The fourth-order valence-electron chi connectivity index (χ4n) is 2.47. The molecule has 3 aromatic rings. The van der Waals surface area contributed by atoms with E-state index in [2.05, 4.69) is 35.8 Å². The van der Waals surface area contributed by atoms with Gasteiger partial charge in [-0.15, -0.1) is 11.3 Å². The highest BCUT2D eigenvalue weighted by molar-refractivity contribution is 7.97. The Hall–Kier alpha value is -2.95. The minimum Gasteiger partial charge on any atom is -0.410 e. The summed E-state index contributed by atoms with van der Waals surface area (Å²) >= 11 is 3.08. The Labute approximate surface area is 188 Å². The number of hydrogen-bond acceptors (Lipinski definition) is 8. The molecule has 0 aliphatic heterocycles. The second-order valence-electron chi connectivity index (χ2n) is 7.67. The Bertz CT molecular complexity index is 1090. The molecule has 0 atom stereocenters. The predicted molar refractivity (Wildman–Crippen MR) is 124 cm³/mol. The van der Waals surface area contributed by atoms with Gasteiger partial charge in [-0.25, -0.2) is 9.78 Å². The van der Waals surface area contributed by atoms with Crippen LogP contribution >= 0.6 is 23.3 Å². The quantitative estimate of drug-likeness (QED) is 0.264. The minimum atomic E-state index is -0.685. The zero-order valence-corrected chi connectivity index (χ0v) is 19.1. The molecule has 2 aromatic carbocycles. The minimum absolute atomic E-state index is 0.0744. The first-order valence-electron chi connectivity index (χ1n) is 9.35. The molecule has 1 aromatic heterocycles. The van der Waals surface area contributed by atoms with E-state index in [1.54, 1.807) is 17.4 Å². The third-order valence-corrected chi connectivity index (χ3v) is 6.06. The van der Waals surface area contributed by atoms with Crippen molar-refractivity contribution < 1.29 is 14.5 Å². The molecule has 31 heavy (non-hydrogen) atoms. The molecule has 1 amide bonds. The van der Waals surface area contributed by atoms with Crippen LogP contribution in [-0.2, 0) is 0 Å². The molecule has 0 aliphatic carbocycles. The molecule has 162 valence electrons. The average molecular weight is 459 g/mol. The number of carbonyl (C=O) groups excluding carboxylic acids is 1. The summed E-state index contributed by atoms with van der Waals surface area (Å²) < 4.78 is 8.61. The van der Waals surface area contributed by atoms with Crippen molar-refractivity contribution in [2.24, 2.45) is 0 Å². The highest BCUT2D eigenvalue weighted by Gasteiger charge is 2.16. The molecule has 0 saturated carbocycles. The lowest BCUT2D eigenvalue weighted by Crippen LogP contribution is -2.29. The van der Waals surface area contributed by atoms with Crippen LogP contribution in [0.2, 0.25) is 0 Å². The van der Waals surface area contributed by atoms with Gasteiger partial charge in [0.05, 0.1) is 14.8 Å². The van der Waals surface area contributed by atoms with Crippen molar-refractivity contribution in [3.05, 3.63) is 63.8 Å². The van der Waals surface area contributed by atoms with Gasteiger partial charge in [-0.05, 0) is 63.9 Å². The highest BCUT2D eigenvalue weighted by atomic mass is 32.2. The summed E-state index contributed by atoms with van der Waals surface area (Å²) in [5.74, 6) is 0.212. The summed E-state index contributed by atoms with van der Waals surface area (Å²) in [6.07, 6.45) is 1.15. The number of thiazole rings is 1. The van der Waals surface area contributed by atoms with Gasteiger partial charge in [0.15, 0.2) is 0 Å². The third-order valence-electron chi connectivity index (χ3n) is 3.84. The zero-order valence-electron chi connectivity index (χ0n) is 17.5. The van der Waals surface area contributed by atoms with Crippen molar-refractivity contribution in [2.45, 2.75) is 38.1 Å². The Morgan fingerprint density at radius 3 is 2.48 bits per heavy atom. The van der Waals surface area contributed by atoms with Gasteiger partial charge in [-0.3, -0.25) is 20.2 Å². The summed E-state index contributed by atoms with van der Waals surface area (Å²) in [7, 11) is 0. The van der Waals surface area contributed by atoms with Crippen molar-refractivity contribution in [3.8, 4) is 16.2 Å². The van der Waals surface area contributed by atoms with Crippen LogP contribution in [0.1, 0.15) is 25.8 Å². The number of aryl methyl sites for hydroxylation is 1. The van der Waals surface area contributed by atoms with E-state index < -0.39 is 11.0 Å². The van der Waals surface area contributed by atoms with E-state index in [-0.39, 0.29) is 17.0 Å². The Morgan fingerprint density at radius 1 is 1.19 bits per heavy atom. The fraction of sp³-hybridized carbons (Fsp3) is 0.238. The molecule has 0 saturated heterocycles. The fourth-order valence-corrected chi connectivity index (χ4v) is 4.24. The highest BCUT2D eigenvalue weighted by Crippen LogP contribution is 2.36. The number of hydrogen-bond donors (Lipinski definition) is 2. The molecule has 0 spiro atoms. The van der Waals surface area contributed by atoms with Gasteiger partial charge in [-0.2, -0.15) is 0 Å². The van der Waals surface area contributed by atoms with E-state index in [9.17, 15) is 14.9 Å². The van der Waals surface area contributed by atoms with Crippen molar-refractivity contribution in [2.75, 3.05) is 5.32 Å². The number of nitrogens with one attached hydrogen (secondary N) is 2. The normalized spacial score (nSPS) is 11.2. The molecule has 0 aliphatic rings. The first-order chi connectivity index (χ1) is 14.6. The summed E-state index contributed by atoms with van der Waals surface area (Å²) in [5, 5.41) is 14.4. The molecule has 3 rings (SSSR count). The number of rotatable bonds is 6. The third kappa shape index (κ3) is 6.51. The number of carbonyl (C=O) groups is 1. The topological polar surface area (TPSA) is 106 Å². The van der Waals surface area contributed by atoms with E-state index in [0.29, 0.717) is 5.69 Å². The molecule has 2 N–H and O–H groups in total. The number of aromatic nitrogens is 1. The second kappa shape index (κ2) is 9.46. The molecular weight excluding hydrogens is 436 g/mol. The second-order valence-corrected chi connectivity index (χ2v) is 9.76. The van der Waals surface area contributed by atoms with Gasteiger partial charge in [-0.1, -0.05) is 6.07 Å². The number of non-ortho nitro benzene ring substituents is 1. The van der Waals surface area contributed by atoms with Crippen LogP contribution in [0.5, 0.6) is 5.75 Å². The monoisotopic (exact) mass is 458 g/mol. The van der Waals surface area contributed by atoms with Gasteiger partial charge in [0, 0.05) is 40.0 Å². The number of anilines is 1. The maximum absolute atomic E-state index is 12.3. The lowest BCUT2D eigenvalue weighted by molar-refractivity contribution is -0.384. The maximum Gasteiger partial charge on any atom is 0.417 e. The Balaban J connectivity index is 1.77. The van der Waals surface area contributed by atoms with Gasteiger partial charge in [0.2, 0.25) is 0 Å². The van der Waals surface area contributed by atoms with Crippen LogP contribution in [0.3, 0.4) is 0 Å². The van der Waals surface area contributed by atoms with Gasteiger partial charge in [0.1, 0.15) is 5.75 Å². The van der Waals surface area contributed by atoms with E-state index in [4.69, 9.17) is 4.74 Å². The first kappa shape index (κ1) is 22.7. The molecule has 0 bridgehead atoms. The number of nitrogens with zero attached hydrogens (tertiary/aromatic N) is 2. The predicted octanol–water partition coefficient (Wildman–Crippen LogP) is 6.03. The van der Waals surface area contributed by atoms with Gasteiger partial charge < -0.3 is 4.74 Å². The lowest BCUT2D eigenvalue weighted by Gasteiger charge is -2.21. The molecule has 0 fully saturated rings. The van der Waals surface area contributed by atoms with Crippen molar-refractivity contribution in [3.63, 3.8) is 0 Å². The molecule has 10 heteroatoms. The Morgan fingerprint density at radius 2 is 1.90 bits per heavy atom. The number of benzene rings is 2. The Kier molecular flexibility index (Phi) is 6.94. The number of nitro groups is 1. The van der Waals surface area contributed by atoms with Crippen LogP contribution in [0.25, 0.3) is 10.4 Å². The molecular formula is C21H22N4O4S2. The van der Waals surface area contributed by atoms with Gasteiger partial charge in [0.25, 0.3) is 5.69 Å². The molecule has 0 unspecified atom stereocenters.